The minimum Gasteiger partial charge on any atom is -0.295 e. The van der Waals surface area contributed by atoms with Crippen molar-refractivity contribution in [1.82, 2.24) is 0 Å². The first-order chi connectivity index (χ1) is 23.2. The summed E-state index contributed by atoms with van der Waals surface area (Å²) in [6.07, 6.45) is 0. The van der Waals surface area contributed by atoms with Gasteiger partial charge in [-0.15, -0.1) is 36.4 Å². The fourth-order valence-corrected chi connectivity index (χ4v) is 4.67. The van der Waals surface area contributed by atoms with Crippen LogP contribution >= 0.6 is 0 Å². The number of benzene rings is 4. The predicted octanol–water partition coefficient (Wildman–Crippen LogP) is 7.94. The van der Waals surface area contributed by atoms with Gasteiger partial charge < -0.3 is 0 Å². The summed E-state index contributed by atoms with van der Waals surface area (Å²) in [6.45, 7) is 0. The Kier molecular flexibility index (Phi) is 12.1. The van der Waals surface area contributed by atoms with Gasteiger partial charge in [-0.1, -0.05) is 24.3 Å². The maximum absolute atomic E-state index is 13.6. The van der Waals surface area contributed by atoms with Gasteiger partial charge in [0.1, 0.15) is 0 Å². The van der Waals surface area contributed by atoms with Crippen molar-refractivity contribution in [3.8, 4) is 0 Å². The molecule has 0 saturated heterocycles. The molecule has 8 rings (SSSR count). The molecule has 11 heteroatoms. The van der Waals surface area contributed by atoms with Crippen molar-refractivity contribution in [2.24, 2.45) is 0 Å². The average molecular weight is 694 g/mol. The molecule has 4 amide bonds. The first-order valence-electron chi connectivity index (χ1n) is 14.2. The van der Waals surface area contributed by atoms with E-state index in [9.17, 15) is 36.7 Å². The summed E-state index contributed by atoms with van der Waals surface area (Å²) in [5, 5.41) is 0. The maximum Gasteiger partial charge on any atom is 4.00 e. The van der Waals surface area contributed by atoms with Gasteiger partial charge in [-0.2, -0.15) is 36.4 Å². The summed E-state index contributed by atoms with van der Waals surface area (Å²) in [5.74, 6) is -6.43. The zero-order valence-corrected chi connectivity index (χ0v) is 26.8. The van der Waals surface area contributed by atoms with Crippen LogP contribution in [0, 0.1) is 35.4 Å². The van der Waals surface area contributed by atoms with Crippen molar-refractivity contribution in [1.29, 1.82) is 0 Å². The molecule has 0 atom stereocenters. The molecule has 240 valence electrons. The number of carbonyl (C=O) groups is 4. The monoisotopic (exact) mass is 694 g/mol. The normalized spacial score (nSPS) is 12.4. The Balaban J connectivity index is 0.000000169. The third-order valence-corrected chi connectivity index (χ3v) is 6.86. The molecule has 0 aromatic heterocycles. The second kappa shape index (κ2) is 16.4. The second-order valence-corrected chi connectivity index (χ2v) is 9.92. The smallest absolute Gasteiger partial charge is 0.295 e. The van der Waals surface area contributed by atoms with Crippen LogP contribution in [0.1, 0.15) is 41.4 Å². The standard InChI is InChI=1S/2C14H6F2NO2.2C5H5.Ti/c2*15-8-5-6-12(11(16)7-8)17-13(18)9-3-1-2-4-10(9)14(17)19;2*1-2-4-5-3-1;/h2*1-6H;2*1-5H;/q4*-1;+4. The van der Waals surface area contributed by atoms with Crippen molar-refractivity contribution in [2.45, 2.75) is 0 Å². The number of carbonyl (C=O) groups excluding carboxylic acids is 4. The van der Waals surface area contributed by atoms with E-state index in [0.717, 1.165) is 24.3 Å². The molecule has 6 aromatic carbocycles. The van der Waals surface area contributed by atoms with Crippen LogP contribution in [0.3, 0.4) is 0 Å². The topological polar surface area (TPSA) is 74.8 Å². The van der Waals surface area contributed by atoms with E-state index in [1.165, 1.54) is 24.3 Å². The van der Waals surface area contributed by atoms with Gasteiger partial charge in [0.2, 0.25) is 0 Å². The Morgan fingerprint density at radius 3 is 0.939 bits per heavy atom. The number of rotatable bonds is 2. The van der Waals surface area contributed by atoms with Gasteiger partial charge in [0, 0.05) is 23.3 Å². The number of hydrogen-bond acceptors (Lipinski definition) is 4. The van der Waals surface area contributed by atoms with E-state index < -0.39 is 46.9 Å². The molecular weight excluding hydrogens is 672 g/mol. The molecular formula is C38H22F4N2O4Ti. The quantitative estimate of drug-likeness (QED) is 0.0799. The summed E-state index contributed by atoms with van der Waals surface area (Å²) in [5.41, 5.74) is 0.222. The van der Waals surface area contributed by atoms with Crippen LogP contribution in [0.2, 0.25) is 0 Å². The first-order valence-corrected chi connectivity index (χ1v) is 14.2. The zero-order valence-electron chi connectivity index (χ0n) is 25.2. The number of halogens is 4. The Bertz CT molecular complexity index is 1830. The Morgan fingerprint density at radius 2 is 0.714 bits per heavy atom. The maximum atomic E-state index is 13.6. The van der Waals surface area contributed by atoms with E-state index in [4.69, 9.17) is 0 Å². The number of anilines is 2. The predicted molar refractivity (Wildman–Crippen MR) is 170 cm³/mol. The van der Waals surface area contributed by atoms with Gasteiger partial charge in [0.05, 0.1) is 22.3 Å². The minimum absolute atomic E-state index is 0. The summed E-state index contributed by atoms with van der Waals surface area (Å²) in [6, 6.07) is 40.0. The summed E-state index contributed by atoms with van der Waals surface area (Å²) in [7, 11) is 0. The Hall–Kier alpha value is -5.71. The number of hydrogen-bond donors (Lipinski definition) is 0. The van der Waals surface area contributed by atoms with Gasteiger partial charge in [-0.05, 0) is 35.6 Å². The second-order valence-electron chi connectivity index (χ2n) is 9.92. The number of imide groups is 2. The van der Waals surface area contributed by atoms with E-state index in [1.54, 1.807) is 36.4 Å². The summed E-state index contributed by atoms with van der Waals surface area (Å²) in [4.78, 5) is 49.7. The fourth-order valence-electron chi connectivity index (χ4n) is 4.67. The van der Waals surface area contributed by atoms with Crippen molar-refractivity contribution < 1.29 is 58.5 Å². The van der Waals surface area contributed by atoms with Crippen molar-refractivity contribution in [3.63, 3.8) is 0 Å². The van der Waals surface area contributed by atoms with Crippen molar-refractivity contribution in [2.75, 3.05) is 9.80 Å². The molecule has 0 bridgehead atoms. The van der Waals surface area contributed by atoms with Gasteiger partial charge in [-0.3, -0.25) is 29.0 Å². The molecule has 0 N–H and O–H groups in total. The SMILES string of the molecule is O=C1c2ccccc2C(=O)N1c1ccc(F)[c-]c1F.O=C1c2ccccc2C(=O)N1c1ccc(F)[c-]c1F.[Ti+4].c1cc[cH-]c1.c1cc[cH-]c1. The van der Waals surface area contributed by atoms with Crippen LogP contribution < -0.4 is 9.80 Å². The van der Waals surface area contributed by atoms with Crippen LogP contribution in [0.4, 0.5) is 28.9 Å². The molecule has 0 saturated carbocycles. The van der Waals surface area contributed by atoms with E-state index in [0.29, 0.717) is 9.80 Å². The molecule has 2 heterocycles. The number of fused-ring (bicyclic) bond motifs is 2. The Labute approximate surface area is 293 Å². The van der Waals surface area contributed by atoms with Crippen molar-refractivity contribution >= 4 is 35.0 Å². The van der Waals surface area contributed by atoms with E-state index in [-0.39, 0.29) is 55.3 Å². The molecule has 2 aliphatic rings. The molecule has 49 heavy (non-hydrogen) atoms. The number of nitrogens with zero attached hydrogens (tertiary/aromatic N) is 2. The summed E-state index contributed by atoms with van der Waals surface area (Å²) < 4.78 is 52.9. The zero-order chi connectivity index (χ0) is 34.2. The fraction of sp³-hybridized carbons (Fsp3) is 0. The van der Waals surface area contributed by atoms with Crippen LogP contribution in [0.25, 0.3) is 0 Å². The third kappa shape index (κ3) is 8.06. The van der Waals surface area contributed by atoms with Gasteiger partial charge >= 0.3 is 21.7 Å². The van der Waals surface area contributed by atoms with Crippen LogP contribution in [0.15, 0.2) is 133 Å². The van der Waals surface area contributed by atoms with Gasteiger partial charge in [0.15, 0.2) is 0 Å². The molecule has 0 unspecified atom stereocenters. The van der Waals surface area contributed by atoms with Crippen LogP contribution in [0.5, 0.6) is 0 Å². The molecule has 0 fully saturated rings. The van der Waals surface area contributed by atoms with Crippen LogP contribution in [-0.4, -0.2) is 23.6 Å². The largest absolute Gasteiger partial charge is 4.00 e. The Morgan fingerprint density at radius 1 is 0.429 bits per heavy atom. The molecule has 2 aliphatic heterocycles. The molecule has 6 nitrogen and oxygen atoms in total. The van der Waals surface area contributed by atoms with Gasteiger partial charge in [0.25, 0.3) is 23.6 Å². The van der Waals surface area contributed by atoms with Crippen molar-refractivity contribution in [3.05, 3.63) is 191 Å². The average Bonchev–Trinajstić information content (AvgIpc) is 3.92. The van der Waals surface area contributed by atoms with E-state index in [1.807, 2.05) is 60.7 Å². The molecule has 6 aromatic rings. The first kappa shape index (κ1) is 36.1. The third-order valence-electron chi connectivity index (χ3n) is 6.86. The number of amides is 4. The molecule has 0 radical (unpaired) electrons. The molecule has 0 spiro atoms. The molecule has 0 aliphatic carbocycles. The van der Waals surface area contributed by atoms with Crippen LogP contribution in [-0.2, 0) is 21.7 Å². The minimum atomic E-state index is -1.07. The van der Waals surface area contributed by atoms with Gasteiger partial charge in [-0.25, -0.2) is 41.8 Å². The summed E-state index contributed by atoms with van der Waals surface area (Å²) >= 11 is 0. The van der Waals surface area contributed by atoms with E-state index in [2.05, 4.69) is 0 Å². The van der Waals surface area contributed by atoms with E-state index >= 15 is 0 Å².